The van der Waals surface area contributed by atoms with Crippen LogP contribution in [0.2, 0.25) is 0 Å². The summed E-state index contributed by atoms with van der Waals surface area (Å²) in [6, 6.07) is 8.79. The van der Waals surface area contributed by atoms with Gasteiger partial charge in [-0.1, -0.05) is 24.3 Å². The fourth-order valence-electron chi connectivity index (χ4n) is 2.34. The van der Waals surface area contributed by atoms with Gasteiger partial charge in [0.15, 0.2) is 0 Å². The van der Waals surface area contributed by atoms with Crippen molar-refractivity contribution in [3.05, 3.63) is 35.4 Å². The number of nitrogens with zero attached hydrogens (tertiary/aromatic N) is 2. The van der Waals surface area contributed by atoms with Crippen molar-refractivity contribution in [1.29, 1.82) is 0 Å². The third-order valence-corrected chi connectivity index (χ3v) is 3.76. The molecule has 4 nitrogen and oxygen atoms in total. The molecule has 1 heterocycles. The zero-order chi connectivity index (χ0) is 13.5. The van der Waals surface area contributed by atoms with Gasteiger partial charge < -0.3 is 14.6 Å². The Bertz CT molecular complexity index is 358. The number of hydrogen-bond donors (Lipinski definition) is 1. The van der Waals surface area contributed by atoms with E-state index < -0.39 is 0 Å². The molecule has 0 aromatic heterocycles. The molecule has 106 valence electrons. The van der Waals surface area contributed by atoms with Crippen molar-refractivity contribution in [2.24, 2.45) is 0 Å². The summed E-state index contributed by atoms with van der Waals surface area (Å²) in [5.41, 5.74) is 5.53. The minimum absolute atomic E-state index is 0.759. The first-order valence-electron chi connectivity index (χ1n) is 7.02. The van der Waals surface area contributed by atoms with Crippen molar-refractivity contribution in [3.63, 3.8) is 0 Å². The van der Waals surface area contributed by atoms with E-state index in [1.807, 2.05) is 0 Å². The fourth-order valence-corrected chi connectivity index (χ4v) is 2.34. The number of rotatable bonds is 6. The summed E-state index contributed by atoms with van der Waals surface area (Å²) in [4.78, 5) is 9.80. The maximum atomic E-state index is 4.85. The van der Waals surface area contributed by atoms with Gasteiger partial charge in [-0.25, -0.2) is 0 Å². The Balaban J connectivity index is 1.73. The molecule has 0 unspecified atom stereocenters. The highest BCUT2D eigenvalue weighted by Crippen LogP contribution is 2.07. The number of piperazine rings is 1. The van der Waals surface area contributed by atoms with Crippen LogP contribution in [0.4, 0.5) is 0 Å². The molecule has 1 aliphatic heterocycles. The molecule has 1 N–H and O–H groups in total. The molecule has 2 rings (SSSR count). The molecule has 19 heavy (non-hydrogen) atoms. The van der Waals surface area contributed by atoms with E-state index in [4.69, 9.17) is 4.84 Å². The lowest BCUT2D eigenvalue weighted by Gasteiger charge is -2.32. The standard InChI is InChI=1S/C15H25N3O/c1-17-9-11-18(12-10-17)8-7-14-3-5-15(6-4-14)13-16-19-2/h3-6,16H,7-13H2,1-2H3. The Morgan fingerprint density at radius 3 is 2.32 bits per heavy atom. The molecule has 0 atom stereocenters. The predicted octanol–water partition coefficient (Wildman–Crippen LogP) is 1.13. The van der Waals surface area contributed by atoms with E-state index in [2.05, 4.69) is 46.6 Å². The highest BCUT2D eigenvalue weighted by atomic mass is 16.6. The molecule has 4 heteroatoms. The van der Waals surface area contributed by atoms with Gasteiger partial charge >= 0.3 is 0 Å². The summed E-state index contributed by atoms with van der Waals surface area (Å²) < 4.78 is 0. The van der Waals surface area contributed by atoms with Gasteiger partial charge in [-0.15, -0.1) is 0 Å². The third-order valence-electron chi connectivity index (χ3n) is 3.76. The monoisotopic (exact) mass is 263 g/mol. The minimum Gasteiger partial charge on any atom is -0.305 e. The van der Waals surface area contributed by atoms with Gasteiger partial charge in [0, 0.05) is 39.3 Å². The van der Waals surface area contributed by atoms with Gasteiger partial charge in [0.25, 0.3) is 0 Å². The number of hydrogen-bond acceptors (Lipinski definition) is 4. The van der Waals surface area contributed by atoms with Crippen LogP contribution in [0.1, 0.15) is 11.1 Å². The van der Waals surface area contributed by atoms with E-state index in [0.29, 0.717) is 0 Å². The quantitative estimate of drug-likeness (QED) is 0.779. The van der Waals surface area contributed by atoms with Crippen molar-refractivity contribution in [1.82, 2.24) is 15.3 Å². The second kappa shape index (κ2) is 7.60. The van der Waals surface area contributed by atoms with Crippen LogP contribution in [0.15, 0.2) is 24.3 Å². The van der Waals surface area contributed by atoms with E-state index in [-0.39, 0.29) is 0 Å². The van der Waals surface area contributed by atoms with Gasteiger partial charge in [-0.05, 0) is 24.6 Å². The van der Waals surface area contributed by atoms with E-state index >= 15 is 0 Å². The zero-order valence-corrected chi connectivity index (χ0v) is 12.1. The summed E-state index contributed by atoms with van der Waals surface area (Å²) in [6.07, 6.45) is 1.14. The molecule has 1 saturated heterocycles. The summed E-state index contributed by atoms with van der Waals surface area (Å²) in [5, 5.41) is 0. The maximum absolute atomic E-state index is 4.85. The van der Waals surface area contributed by atoms with Crippen LogP contribution in [0, 0.1) is 0 Å². The highest BCUT2D eigenvalue weighted by Gasteiger charge is 2.12. The summed E-state index contributed by atoms with van der Waals surface area (Å²) in [7, 11) is 3.84. The molecule has 1 aliphatic rings. The summed E-state index contributed by atoms with van der Waals surface area (Å²) in [6.45, 7) is 6.72. The summed E-state index contributed by atoms with van der Waals surface area (Å²) in [5.74, 6) is 0. The van der Waals surface area contributed by atoms with Crippen molar-refractivity contribution in [2.45, 2.75) is 13.0 Å². The van der Waals surface area contributed by atoms with Gasteiger partial charge in [0.1, 0.15) is 0 Å². The number of benzene rings is 1. The molecule has 0 aliphatic carbocycles. The lowest BCUT2D eigenvalue weighted by Crippen LogP contribution is -2.45. The Morgan fingerprint density at radius 2 is 1.68 bits per heavy atom. The molecule has 0 saturated carbocycles. The molecule has 1 fully saturated rings. The Labute approximate surface area is 116 Å². The lowest BCUT2D eigenvalue weighted by atomic mass is 10.1. The smallest absolute Gasteiger partial charge is 0.0572 e. The van der Waals surface area contributed by atoms with E-state index in [0.717, 1.165) is 13.0 Å². The molecular weight excluding hydrogens is 238 g/mol. The van der Waals surface area contributed by atoms with Crippen molar-refractivity contribution < 1.29 is 4.84 Å². The molecule has 1 aromatic rings. The normalized spacial score (nSPS) is 17.8. The Kier molecular flexibility index (Phi) is 5.79. The van der Waals surface area contributed by atoms with Gasteiger partial charge in [0.05, 0.1) is 7.11 Å². The van der Waals surface area contributed by atoms with E-state index in [1.165, 1.54) is 43.9 Å². The van der Waals surface area contributed by atoms with Crippen molar-refractivity contribution in [2.75, 3.05) is 46.9 Å². The van der Waals surface area contributed by atoms with Crippen LogP contribution in [-0.4, -0.2) is 56.7 Å². The average Bonchev–Trinajstić information content (AvgIpc) is 2.46. The van der Waals surface area contributed by atoms with Crippen LogP contribution < -0.4 is 5.48 Å². The average molecular weight is 263 g/mol. The lowest BCUT2D eigenvalue weighted by molar-refractivity contribution is 0.0867. The first kappa shape index (κ1) is 14.5. The first-order chi connectivity index (χ1) is 9.28. The topological polar surface area (TPSA) is 27.7 Å². The fraction of sp³-hybridized carbons (Fsp3) is 0.600. The molecule has 0 bridgehead atoms. The zero-order valence-electron chi connectivity index (χ0n) is 12.1. The van der Waals surface area contributed by atoms with Crippen LogP contribution in [-0.2, 0) is 17.8 Å². The van der Waals surface area contributed by atoms with Crippen molar-refractivity contribution >= 4 is 0 Å². The van der Waals surface area contributed by atoms with Gasteiger partial charge in [-0.3, -0.25) is 0 Å². The molecule has 0 amide bonds. The second-order valence-electron chi connectivity index (χ2n) is 5.24. The minimum atomic E-state index is 0.759. The summed E-state index contributed by atoms with van der Waals surface area (Å²) >= 11 is 0. The molecular formula is C15H25N3O. The molecule has 0 radical (unpaired) electrons. The van der Waals surface area contributed by atoms with Crippen LogP contribution >= 0.6 is 0 Å². The largest absolute Gasteiger partial charge is 0.305 e. The van der Waals surface area contributed by atoms with Crippen LogP contribution in [0.3, 0.4) is 0 Å². The SMILES string of the molecule is CONCc1ccc(CCN2CCN(C)CC2)cc1. The second-order valence-corrected chi connectivity index (χ2v) is 5.24. The van der Waals surface area contributed by atoms with Crippen molar-refractivity contribution in [3.8, 4) is 0 Å². The highest BCUT2D eigenvalue weighted by molar-refractivity contribution is 5.22. The predicted molar refractivity (Wildman–Crippen MR) is 77.9 cm³/mol. The number of nitrogens with one attached hydrogen (secondary N) is 1. The number of hydroxylamine groups is 1. The van der Waals surface area contributed by atoms with Crippen LogP contribution in [0.5, 0.6) is 0 Å². The maximum Gasteiger partial charge on any atom is 0.0572 e. The number of likely N-dealkylation sites (N-methyl/N-ethyl adjacent to an activating group) is 1. The third kappa shape index (κ3) is 4.91. The molecule has 1 aromatic carbocycles. The van der Waals surface area contributed by atoms with E-state index in [1.54, 1.807) is 7.11 Å². The van der Waals surface area contributed by atoms with Gasteiger partial charge in [0.2, 0.25) is 0 Å². The molecule has 0 spiro atoms. The Hall–Kier alpha value is -0.940. The Morgan fingerprint density at radius 1 is 1.05 bits per heavy atom. The first-order valence-corrected chi connectivity index (χ1v) is 7.02. The van der Waals surface area contributed by atoms with Gasteiger partial charge in [-0.2, -0.15) is 5.48 Å². The van der Waals surface area contributed by atoms with Crippen LogP contribution in [0.25, 0.3) is 0 Å². The van der Waals surface area contributed by atoms with E-state index in [9.17, 15) is 0 Å².